The van der Waals surface area contributed by atoms with Gasteiger partial charge in [-0.2, -0.15) is 0 Å². The fourth-order valence-corrected chi connectivity index (χ4v) is 3.36. The number of aromatic nitrogens is 6. The van der Waals surface area contributed by atoms with Crippen molar-refractivity contribution in [2.24, 2.45) is 7.05 Å². The van der Waals surface area contributed by atoms with Crippen molar-refractivity contribution in [3.8, 4) is 0 Å². The maximum atomic E-state index is 9.46. The molecule has 0 aliphatic rings. The zero-order chi connectivity index (χ0) is 22.7. The number of aryl methyl sites for hydroxylation is 2. The number of nitrogens with two attached hydrogens (primary N) is 1. The van der Waals surface area contributed by atoms with Crippen molar-refractivity contribution in [1.29, 1.82) is 0 Å². The quantitative estimate of drug-likeness (QED) is 0.378. The monoisotopic (exact) mass is 430 g/mol. The third-order valence-electron chi connectivity index (χ3n) is 4.90. The molecule has 4 heterocycles. The van der Waals surface area contributed by atoms with E-state index in [1.807, 2.05) is 29.5 Å². The van der Waals surface area contributed by atoms with E-state index in [0.29, 0.717) is 53.1 Å². The summed E-state index contributed by atoms with van der Waals surface area (Å²) in [5.74, 6) is 1.84. The third kappa shape index (κ3) is 4.12. The van der Waals surface area contributed by atoms with E-state index in [9.17, 15) is 5.11 Å². The lowest BCUT2D eigenvalue weighted by Crippen LogP contribution is -2.22. The highest BCUT2D eigenvalue weighted by Crippen LogP contribution is 2.33. The molecule has 0 atom stereocenters. The molecule has 0 amide bonds. The summed E-state index contributed by atoms with van der Waals surface area (Å²) in [4.78, 5) is 27.0. The lowest BCUT2D eigenvalue weighted by Gasteiger charge is -2.25. The lowest BCUT2D eigenvalue weighted by molar-refractivity contribution is 0.290. The van der Waals surface area contributed by atoms with Crippen LogP contribution in [0.1, 0.15) is 12.0 Å². The Morgan fingerprint density at radius 1 is 1.22 bits per heavy atom. The predicted molar refractivity (Wildman–Crippen MR) is 122 cm³/mol. The highest BCUT2D eigenvalue weighted by atomic mass is 16.3. The topological polar surface area (TPSA) is 135 Å². The van der Waals surface area contributed by atoms with E-state index >= 15 is 0 Å². The Morgan fingerprint density at radius 3 is 2.78 bits per heavy atom. The van der Waals surface area contributed by atoms with Crippen LogP contribution in [0.5, 0.6) is 0 Å². The highest BCUT2D eigenvalue weighted by molar-refractivity contribution is 5.90. The van der Waals surface area contributed by atoms with Gasteiger partial charge in [-0.05, 0) is 25.0 Å². The van der Waals surface area contributed by atoms with Crippen LogP contribution < -0.4 is 16.0 Å². The fourth-order valence-electron chi connectivity index (χ4n) is 3.36. The number of imidazole rings is 1. The second-order valence-electron chi connectivity index (χ2n) is 7.18. The number of anilines is 5. The van der Waals surface area contributed by atoms with Gasteiger partial charge in [-0.3, -0.25) is 0 Å². The van der Waals surface area contributed by atoms with Gasteiger partial charge in [0.2, 0.25) is 0 Å². The smallest absolute Gasteiger partial charge is 0.269 e. The van der Waals surface area contributed by atoms with Crippen LogP contribution in [0.4, 0.5) is 34.6 Å². The number of hydrogen-bond acceptors (Lipinski definition) is 9. The molecule has 0 bridgehead atoms. The van der Waals surface area contributed by atoms with Crippen LogP contribution in [0.3, 0.4) is 0 Å². The molecule has 0 aromatic carbocycles. The Kier molecular flexibility index (Phi) is 5.78. The first-order valence-corrected chi connectivity index (χ1v) is 9.89. The molecule has 0 aliphatic carbocycles. The zero-order valence-corrected chi connectivity index (χ0v) is 17.7. The largest absolute Gasteiger partial charge is 0.396 e. The van der Waals surface area contributed by atoms with Crippen LogP contribution in [0.15, 0.2) is 37.1 Å². The molecule has 11 nitrogen and oxygen atoms in total. The second-order valence-corrected chi connectivity index (χ2v) is 7.18. The number of nitrogens with one attached hydrogen (secondary N) is 1. The molecule has 11 heteroatoms. The van der Waals surface area contributed by atoms with Gasteiger partial charge in [-0.15, -0.1) is 4.98 Å². The fraction of sp³-hybridized carbons (Fsp3) is 0.238. The first-order chi connectivity index (χ1) is 15.5. The zero-order valence-electron chi connectivity index (χ0n) is 17.7. The van der Waals surface area contributed by atoms with Crippen LogP contribution in [0.2, 0.25) is 0 Å². The molecule has 0 unspecified atom stereocenters. The normalized spacial score (nSPS) is 10.8. The number of fused-ring (bicyclic) bond motifs is 1. The van der Waals surface area contributed by atoms with Crippen molar-refractivity contribution in [2.75, 3.05) is 29.1 Å². The maximum absolute atomic E-state index is 9.46. The minimum atomic E-state index is 0.0301. The average molecular weight is 430 g/mol. The molecule has 0 spiro atoms. The Labute approximate surface area is 184 Å². The number of nitrogen functional groups attached to an aromatic ring is 1. The Bertz CT molecular complexity index is 1310. The van der Waals surface area contributed by atoms with Gasteiger partial charge in [0.05, 0.1) is 17.7 Å². The summed E-state index contributed by atoms with van der Waals surface area (Å²) in [6.07, 6.45) is 5.26. The van der Waals surface area contributed by atoms with Crippen molar-refractivity contribution in [3.05, 3.63) is 54.0 Å². The predicted octanol–water partition coefficient (Wildman–Crippen LogP) is 2.86. The van der Waals surface area contributed by atoms with Crippen molar-refractivity contribution in [2.45, 2.75) is 13.3 Å². The molecule has 162 valence electrons. The summed E-state index contributed by atoms with van der Waals surface area (Å²) in [6, 6.07) is 5.24. The SMILES string of the molecule is [C-]#[N+]c1cc(C)c(N(CCCO)c2cc(Nc3cc(N)ncn3)c3ncn(C)c3n2)cn1. The Hall–Kier alpha value is -4.30. The van der Waals surface area contributed by atoms with Gasteiger partial charge >= 0.3 is 0 Å². The number of pyridine rings is 2. The molecule has 0 radical (unpaired) electrons. The minimum Gasteiger partial charge on any atom is -0.396 e. The van der Waals surface area contributed by atoms with Gasteiger partial charge in [-0.25, -0.2) is 19.9 Å². The molecule has 0 aliphatic heterocycles. The maximum Gasteiger partial charge on any atom is 0.269 e. The van der Waals surface area contributed by atoms with Crippen molar-refractivity contribution in [3.63, 3.8) is 0 Å². The van der Waals surface area contributed by atoms with Gasteiger partial charge in [0.1, 0.15) is 35.5 Å². The van der Waals surface area contributed by atoms with Crippen LogP contribution in [-0.2, 0) is 7.05 Å². The summed E-state index contributed by atoms with van der Waals surface area (Å²) < 4.78 is 1.83. The van der Waals surface area contributed by atoms with Crippen LogP contribution in [0, 0.1) is 13.5 Å². The van der Waals surface area contributed by atoms with E-state index in [2.05, 4.69) is 30.1 Å². The first-order valence-electron chi connectivity index (χ1n) is 9.89. The van der Waals surface area contributed by atoms with Crippen LogP contribution in [0.25, 0.3) is 16.0 Å². The van der Waals surface area contributed by atoms with E-state index in [0.717, 1.165) is 11.3 Å². The molecule has 32 heavy (non-hydrogen) atoms. The van der Waals surface area contributed by atoms with Crippen LogP contribution in [-0.4, -0.2) is 47.7 Å². The lowest BCUT2D eigenvalue weighted by atomic mass is 10.2. The summed E-state index contributed by atoms with van der Waals surface area (Å²) in [6.45, 7) is 9.66. The summed E-state index contributed by atoms with van der Waals surface area (Å²) in [7, 11) is 1.87. The minimum absolute atomic E-state index is 0.0301. The van der Waals surface area contributed by atoms with Crippen molar-refractivity contribution in [1.82, 2.24) is 29.5 Å². The van der Waals surface area contributed by atoms with E-state index < -0.39 is 0 Å². The first kappa shape index (κ1) is 21.0. The molecular weight excluding hydrogens is 408 g/mol. The molecule has 0 fully saturated rings. The second kappa shape index (κ2) is 8.83. The number of hydrogen-bond donors (Lipinski definition) is 3. The van der Waals surface area contributed by atoms with Gasteiger partial charge < -0.3 is 30.5 Å². The summed E-state index contributed by atoms with van der Waals surface area (Å²) >= 11 is 0. The van der Waals surface area contributed by atoms with Crippen LogP contribution >= 0.6 is 0 Å². The number of aliphatic hydroxyl groups is 1. The highest BCUT2D eigenvalue weighted by Gasteiger charge is 2.19. The van der Waals surface area contributed by atoms with Gasteiger partial charge in [0.25, 0.3) is 5.82 Å². The van der Waals surface area contributed by atoms with Gasteiger partial charge in [-0.1, -0.05) is 6.57 Å². The van der Waals surface area contributed by atoms with Gasteiger partial charge in [0, 0.05) is 32.3 Å². The van der Waals surface area contributed by atoms with Crippen molar-refractivity contribution < 1.29 is 5.11 Å². The number of rotatable bonds is 7. The molecule has 4 aromatic rings. The van der Waals surface area contributed by atoms with E-state index in [1.54, 1.807) is 24.7 Å². The summed E-state index contributed by atoms with van der Waals surface area (Å²) in [5, 5.41) is 12.7. The number of aliphatic hydroxyl groups excluding tert-OH is 1. The Morgan fingerprint density at radius 2 is 2.06 bits per heavy atom. The van der Waals surface area contributed by atoms with E-state index in [-0.39, 0.29) is 6.61 Å². The molecule has 4 N–H and O–H groups in total. The summed E-state index contributed by atoms with van der Waals surface area (Å²) in [5.41, 5.74) is 9.52. The number of nitrogens with zero attached hydrogens (tertiary/aromatic N) is 8. The molecule has 4 rings (SSSR count). The van der Waals surface area contributed by atoms with Gasteiger partial charge in [0.15, 0.2) is 5.65 Å². The molecule has 0 saturated carbocycles. The molecule has 4 aromatic heterocycles. The molecule has 0 saturated heterocycles. The van der Waals surface area contributed by atoms with E-state index in [1.165, 1.54) is 6.33 Å². The standard InChI is InChI=1S/C21H22N10O/c1-13-7-17(23-2)24-10-15(13)31(5-4-6-32)19-8-14(20-21(29-19)30(3)12-27-20)28-18-9-16(22)25-11-26-18/h7-12,32H,4-6H2,1,3H3,(H3,22,25,26,28,29). The van der Waals surface area contributed by atoms with E-state index in [4.69, 9.17) is 17.3 Å². The average Bonchev–Trinajstić information content (AvgIpc) is 3.16. The third-order valence-corrected chi connectivity index (χ3v) is 4.90. The Balaban J connectivity index is 1.85. The van der Waals surface area contributed by atoms with Crippen molar-refractivity contribution >= 4 is 45.8 Å². The molecular formula is C21H22N10O.